The summed E-state index contributed by atoms with van der Waals surface area (Å²) >= 11 is 8.95. The molecule has 7 heteroatoms. The van der Waals surface area contributed by atoms with E-state index in [1.165, 1.54) is 12.1 Å². The number of benzene rings is 1. The number of hydrogen-bond acceptors (Lipinski definition) is 3. The predicted octanol–water partition coefficient (Wildman–Crippen LogP) is 4.78. The molecule has 0 unspecified atom stereocenters. The Morgan fingerprint density at radius 3 is 2.12 bits per heavy atom. The molecule has 2 heterocycles. The second-order valence-corrected chi connectivity index (χ2v) is 6.79. The van der Waals surface area contributed by atoms with E-state index in [2.05, 4.69) is 31.2 Å². The van der Waals surface area contributed by atoms with E-state index in [1.807, 2.05) is 41.3 Å². The molecular weight excluding hydrogens is 415 g/mol. The van der Waals surface area contributed by atoms with Gasteiger partial charge in [-0.3, -0.25) is 9.97 Å². The molecule has 0 radical (unpaired) electrons. The first-order valence-corrected chi connectivity index (χ1v) is 9.13. The maximum Gasteiger partial charge on any atom is 0.174 e. The van der Waals surface area contributed by atoms with Crippen molar-refractivity contribution in [2.75, 3.05) is 5.32 Å². The fourth-order valence-corrected chi connectivity index (χ4v) is 3.05. The van der Waals surface area contributed by atoms with Crippen molar-refractivity contribution in [3.05, 3.63) is 88.7 Å². The van der Waals surface area contributed by atoms with Gasteiger partial charge in [-0.05, 0) is 70.6 Å². The second-order valence-electron chi connectivity index (χ2n) is 5.55. The number of hydrogen-bond donors (Lipinski definition) is 1. The highest BCUT2D eigenvalue weighted by Gasteiger charge is 2.14. The number of nitrogens with zero attached hydrogens (tertiary/aromatic N) is 3. The Hall–Kier alpha value is -2.38. The van der Waals surface area contributed by atoms with Gasteiger partial charge >= 0.3 is 0 Å². The van der Waals surface area contributed by atoms with Crippen molar-refractivity contribution in [1.29, 1.82) is 0 Å². The van der Waals surface area contributed by atoms with Crippen LogP contribution in [0.2, 0.25) is 0 Å². The lowest BCUT2D eigenvalue weighted by atomic mass is 10.3. The number of thiocarbonyl (C=S) groups is 1. The van der Waals surface area contributed by atoms with Crippen molar-refractivity contribution in [1.82, 2.24) is 14.9 Å². The number of nitrogens with one attached hydrogen (secondary N) is 1. The van der Waals surface area contributed by atoms with E-state index in [0.29, 0.717) is 28.4 Å². The molecule has 3 rings (SSSR count). The molecule has 0 amide bonds. The molecule has 0 atom stereocenters. The maximum atomic E-state index is 13.3. The zero-order valence-electron chi connectivity index (χ0n) is 13.8. The van der Waals surface area contributed by atoms with Gasteiger partial charge in [-0.1, -0.05) is 12.1 Å². The molecule has 26 heavy (non-hydrogen) atoms. The van der Waals surface area contributed by atoms with Crippen molar-refractivity contribution < 1.29 is 4.39 Å². The van der Waals surface area contributed by atoms with Gasteiger partial charge in [0.2, 0.25) is 0 Å². The van der Waals surface area contributed by atoms with Crippen LogP contribution in [0.1, 0.15) is 11.4 Å². The quantitative estimate of drug-likeness (QED) is 0.589. The Morgan fingerprint density at radius 2 is 1.62 bits per heavy atom. The summed E-state index contributed by atoms with van der Waals surface area (Å²) < 4.78 is 13.9. The van der Waals surface area contributed by atoms with E-state index in [0.717, 1.165) is 11.4 Å². The van der Waals surface area contributed by atoms with Gasteiger partial charge in [0.15, 0.2) is 5.11 Å². The van der Waals surface area contributed by atoms with E-state index in [4.69, 9.17) is 12.2 Å². The third-order valence-corrected chi connectivity index (χ3v) is 4.63. The molecule has 0 fully saturated rings. The van der Waals surface area contributed by atoms with Crippen LogP contribution in [0.5, 0.6) is 0 Å². The van der Waals surface area contributed by atoms with Gasteiger partial charge in [0, 0.05) is 16.9 Å². The van der Waals surface area contributed by atoms with Gasteiger partial charge in [0.05, 0.1) is 30.2 Å². The molecule has 4 nitrogen and oxygen atoms in total. The Balaban J connectivity index is 1.80. The molecule has 0 aliphatic rings. The van der Waals surface area contributed by atoms with Gasteiger partial charge in [0.1, 0.15) is 5.82 Å². The molecule has 0 saturated heterocycles. The maximum absolute atomic E-state index is 13.3. The highest BCUT2D eigenvalue weighted by atomic mass is 79.9. The van der Waals surface area contributed by atoms with Gasteiger partial charge < -0.3 is 10.2 Å². The minimum atomic E-state index is -0.313. The fraction of sp³-hybridized carbons (Fsp3) is 0.105. The van der Waals surface area contributed by atoms with Crippen LogP contribution >= 0.6 is 28.1 Å². The van der Waals surface area contributed by atoms with Crippen molar-refractivity contribution in [2.45, 2.75) is 13.1 Å². The average molecular weight is 431 g/mol. The predicted molar refractivity (Wildman–Crippen MR) is 108 cm³/mol. The van der Waals surface area contributed by atoms with Crippen molar-refractivity contribution in [2.24, 2.45) is 0 Å². The monoisotopic (exact) mass is 430 g/mol. The van der Waals surface area contributed by atoms with Crippen molar-refractivity contribution in [3.8, 4) is 0 Å². The Labute approximate surface area is 165 Å². The van der Waals surface area contributed by atoms with Crippen LogP contribution in [0.4, 0.5) is 10.1 Å². The third-order valence-electron chi connectivity index (χ3n) is 3.62. The lowest BCUT2D eigenvalue weighted by Gasteiger charge is -2.25. The molecule has 3 aromatic rings. The van der Waals surface area contributed by atoms with Crippen LogP contribution in [0.15, 0.2) is 71.5 Å². The number of anilines is 1. The van der Waals surface area contributed by atoms with Crippen LogP contribution in [0, 0.1) is 5.82 Å². The SMILES string of the molecule is Fc1ccc(NC(=S)N(Cc2ccccn2)Cc2ccccn2)c(Br)c1. The minimum Gasteiger partial charge on any atom is -0.337 e. The normalized spacial score (nSPS) is 10.4. The largest absolute Gasteiger partial charge is 0.337 e. The molecule has 2 aromatic heterocycles. The van der Waals surface area contributed by atoms with Gasteiger partial charge in [0.25, 0.3) is 0 Å². The van der Waals surface area contributed by atoms with E-state index in [-0.39, 0.29) is 5.82 Å². The molecule has 132 valence electrons. The topological polar surface area (TPSA) is 41.0 Å². The van der Waals surface area contributed by atoms with Crippen LogP contribution in [0.3, 0.4) is 0 Å². The first-order valence-electron chi connectivity index (χ1n) is 7.92. The molecule has 0 spiro atoms. The van der Waals surface area contributed by atoms with Gasteiger partial charge in [-0.15, -0.1) is 0 Å². The van der Waals surface area contributed by atoms with E-state index in [1.54, 1.807) is 18.5 Å². The standard InChI is InChI=1S/C19H16BrFN4S/c20-17-11-14(21)7-8-18(17)24-19(26)25(12-15-5-1-3-9-22-15)13-16-6-2-4-10-23-16/h1-11H,12-13H2,(H,24,26). The fourth-order valence-electron chi connectivity index (χ4n) is 2.36. The molecule has 0 aliphatic carbocycles. The lowest BCUT2D eigenvalue weighted by Crippen LogP contribution is -2.34. The summed E-state index contributed by atoms with van der Waals surface area (Å²) in [5, 5.41) is 3.67. The number of aromatic nitrogens is 2. The highest BCUT2D eigenvalue weighted by molar-refractivity contribution is 9.10. The van der Waals surface area contributed by atoms with Gasteiger partial charge in [-0.25, -0.2) is 4.39 Å². The van der Waals surface area contributed by atoms with Crippen molar-refractivity contribution in [3.63, 3.8) is 0 Å². The highest BCUT2D eigenvalue weighted by Crippen LogP contribution is 2.24. The summed E-state index contributed by atoms with van der Waals surface area (Å²) in [4.78, 5) is 10.7. The van der Waals surface area contributed by atoms with E-state index >= 15 is 0 Å². The van der Waals surface area contributed by atoms with E-state index < -0.39 is 0 Å². The summed E-state index contributed by atoms with van der Waals surface area (Å²) in [6.07, 6.45) is 3.50. The van der Waals surface area contributed by atoms with Gasteiger partial charge in [-0.2, -0.15) is 0 Å². The minimum absolute atomic E-state index is 0.313. The molecule has 1 aromatic carbocycles. The first-order chi connectivity index (χ1) is 12.6. The first kappa shape index (κ1) is 18.4. The molecule has 0 bridgehead atoms. The molecular formula is C19H16BrFN4S. The van der Waals surface area contributed by atoms with Crippen LogP contribution in [0.25, 0.3) is 0 Å². The summed E-state index contributed by atoms with van der Waals surface area (Å²) in [5.74, 6) is -0.313. The number of pyridine rings is 2. The van der Waals surface area contributed by atoms with Crippen molar-refractivity contribution >= 4 is 38.9 Å². The summed E-state index contributed by atoms with van der Waals surface area (Å²) in [7, 11) is 0. The smallest absolute Gasteiger partial charge is 0.174 e. The van der Waals surface area contributed by atoms with Crippen LogP contribution in [-0.2, 0) is 13.1 Å². The summed E-state index contributed by atoms with van der Waals surface area (Å²) in [6.45, 7) is 1.06. The zero-order valence-corrected chi connectivity index (χ0v) is 16.2. The summed E-state index contributed by atoms with van der Waals surface area (Å²) in [5.41, 5.74) is 2.49. The zero-order chi connectivity index (χ0) is 18.4. The molecule has 1 N–H and O–H groups in total. The Bertz CT molecular complexity index is 836. The third kappa shape index (κ3) is 5.06. The Morgan fingerprint density at radius 1 is 1.00 bits per heavy atom. The second kappa shape index (κ2) is 8.82. The molecule has 0 aliphatic heterocycles. The van der Waals surface area contributed by atoms with Crippen LogP contribution < -0.4 is 5.32 Å². The number of halogens is 2. The van der Waals surface area contributed by atoms with E-state index in [9.17, 15) is 4.39 Å². The molecule has 0 saturated carbocycles. The summed E-state index contributed by atoms with van der Waals surface area (Å²) in [6, 6.07) is 15.9. The lowest BCUT2D eigenvalue weighted by molar-refractivity contribution is 0.402. The van der Waals surface area contributed by atoms with Crippen LogP contribution in [-0.4, -0.2) is 20.0 Å². The Kier molecular flexibility index (Phi) is 6.25. The average Bonchev–Trinajstić information content (AvgIpc) is 2.65. The number of rotatable bonds is 5.